The van der Waals surface area contributed by atoms with E-state index in [0.717, 1.165) is 29.7 Å². The number of carbonyl (C=O) groups excluding carboxylic acids is 1. The van der Waals surface area contributed by atoms with Crippen LogP contribution in [0.1, 0.15) is 41.1 Å². The fourth-order valence-corrected chi connectivity index (χ4v) is 3.90. The molecule has 0 aliphatic carbocycles. The molecule has 5 heteroatoms. The first kappa shape index (κ1) is 20.7. The van der Waals surface area contributed by atoms with Gasteiger partial charge < -0.3 is 14.6 Å². The van der Waals surface area contributed by atoms with Crippen molar-refractivity contribution in [2.24, 2.45) is 0 Å². The molecule has 1 heterocycles. The summed E-state index contributed by atoms with van der Waals surface area (Å²) in [5, 5.41) is 3.00. The highest BCUT2D eigenvalue weighted by atomic mass is 16.5. The molecule has 1 aromatic heterocycles. The van der Waals surface area contributed by atoms with Crippen LogP contribution in [0.3, 0.4) is 0 Å². The van der Waals surface area contributed by atoms with E-state index < -0.39 is 0 Å². The van der Waals surface area contributed by atoms with Gasteiger partial charge in [-0.05, 0) is 49.2 Å². The molecule has 4 aromatic rings. The van der Waals surface area contributed by atoms with Crippen LogP contribution in [0.25, 0.3) is 11.0 Å². The number of carbonyl (C=O) groups is 1. The van der Waals surface area contributed by atoms with E-state index in [1.54, 1.807) is 19.2 Å². The smallest absolute Gasteiger partial charge is 0.251 e. The van der Waals surface area contributed by atoms with E-state index in [2.05, 4.69) is 59.3 Å². The van der Waals surface area contributed by atoms with Gasteiger partial charge >= 0.3 is 0 Å². The molecule has 0 spiro atoms. The van der Waals surface area contributed by atoms with E-state index in [1.807, 2.05) is 24.3 Å². The number of methoxy groups -OCH3 is 1. The molecular formula is C26H27N3O2. The van der Waals surface area contributed by atoms with Crippen molar-refractivity contribution >= 4 is 16.9 Å². The number of aryl methyl sites for hydroxylation is 1. The predicted octanol–water partition coefficient (Wildman–Crippen LogP) is 5.02. The molecule has 1 unspecified atom stereocenters. The lowest BCUT2D eigenvalue weighted by atomic mass is 10.1. The number of benzene rings is 3. The topological polar surface area (TPSA) is 56.1 Å². The van der Waals surface area contributed by atoms with Gasteiger partial charge in [-0.15, -0.1) is 0 Å². The van der Waals surface area contributed by atoms with Crippen LogP contribution in [0, 0.1) is 0 Å². The molecule has 1 N–H and O–H groups in total. The van der Waals surface area contributed by atoms with Crippen LogP contribution in [-0.4, -0.2) is 29.1 Å². The zero-order chi connectivity index (χ0) is 21.6. The number of ether oxygens (including phenoxy) is 1. The maximum atomic E-state index is 12.4. The van der Waals surface area contributed by atoms with Crippen LogP contribution < -0.4 is 10.1 Å². The number of nitrogens with one attached hydrogen (secondary N) is 1. The van der Waals surface area contributed by atoms with Gasteiger partial charge in [-0.1, -0.05) is 48.5 Å². The maximum Gasteiger partial charge on any atom is 0.251 e. The number of hydrogen-bond donors (Lipinski definition) is 1. The molecule has 1 amide bonds. The molecule has 3 aromatic carbocycles. The van der Waals surface area contributed by atoms with Crippen molar-refractivity contribution in [3.8, 4) is 5.75 Å². The first-order valence-electron chi connectivity index (χ1n) is 10.6. The van der Waals surface area contributed by atoms with Crippen LogP contribution in [0.5, 0.6) is 5.75 Å². The van der Waals surface area contributed by atoms with Crippen LogP contribution in [0.2, 0.25) is 0 Å². The molecule has 5 nitrogen and oxygen atoms in total. The van der Waals surface area contributed by atoms with E-state index in [4.69, 9.17) is 9.72 Å². The van der Waals surface area contributed by atoms with Crippen molar-refractivity contribution in [3.63, 3.8) is 0 Å². The van der Waals surface area contributed by atoms with Crippen LogP contribution in [0.4, 0.5) is 0 Å². The number of aromatic nitrogens is 2. The van der Waals surface area contributed by atoms with Crippen molar-refractivity contribution < 1.29 is 9.53 Å². The van der Waals surface area contributed by atoms with Gasteiger partial charge in [0.1, 0.15) is 11.6 Å². The summed E-state index contributed by atoms with van der Waals surface area (Å²) in [6, 6.07) is 26.1. The molecule has 0 fully saturated rings. The van der Waals surface area contributed by atoms with Crippen molar-refractivity contribution in [2.75, 3.05) is 13.7 Å². The predicted molar refractivity (Wildman–Crippen MR) is 124 cm³/mol. The number of hydrogen-bond acceptors (Lipinski definition) is 3. The number of amides is 1. The van der Waals surface area contributed by atoms with Crippen LogP contribution in [-0.2, 0) is 6.42 Å². The van der Waals surface area contributed by atoms with Gasteiger partial charge in [0, 0.05) is 18.5 Å². The summed E-state index contributed by atoms with van der Waals surface area (Å²) in [6.45, 7) is 2.79. The molecule has 1 atom stereocenters. The lowest BCUT2D eigenvalue weighted by Crippen LogP contribution is -2.25. The lowest BCUT2D eigenvalue weighted by Gasteiger charge is -2.18. The fourth-order valence-electron chi connectivity index (χ4n) is 3.90. The summed E-state index contributed by atoms with van der Waals surface area (Å²) < 4.78 is 7.51. The lowest BCUT2D eigenvalue weighted by molar-refractivity contribution is 0.0952. The molecule has 4 rings (SSSR count). The second-order valence-corrected chi connectivity index (χ2v) is 7.56. The third-order valence-electron chi connectivity index (χ3n) is 5.53. The number of nitrogens with zero attached hydrogens (tertiary/aromatic N) is 2. The van der Waals surface area contributed by atoms with E-state index >= 15 is 0 Å². The average Bonchev–Trinajstić information content (AvgIpc) is 3.20. The Hall–Kier alpha value is -3.60. The van der Waals surface area contributed by atoms with Gasteiger partial charge in [0.2, 0.25) is 0 Å². The third-order valence-corrected chi connectivity index (χ3v) is 5.53. The molecule has 0 radical (unpaired) electrons. The summed E-state index contributed by atoms with van der Waals surface area (Å²) >= 11 is 0. The Morgan fingerprint density at radius 1 is 1.03 bits per heavy atom. The Kier molecular flexibility index (Phi) is 6.32. The zero-order valence-corrected chi connectivity index (χ0v) is 17.9. The van der Waals surface area contributed by atoms with Gasteiger partial charge in [-0.25, -0.2) is 4.98 Å². The van der Waals surface area contributed by atoms with Crippen molar-refractivity contribution in [2.45, 2.75) is 25.8 Å². The first-order chi connectivity index (χ1) is 15.2. The summed E-state index contributed by atoms with van der Waals surface area (Å²) in [5.74, 6) is 1.62. The average molecular weight is 414 g/mol. The maximum absolute atomic E-state index is 12.4. The molecule has 0 saturated heterocycles. The number of rotatable bonds is 8. The Morgan fingerprint density at radius 3 is 2.61 bits per heavy atom. The Labute approximate surface area is 182 Å². The SMILES string of the molecule is COc1cccc(C(=O)NCCCc2nc3ccccc3n2C(C)c2ccccc2)c1. The molecule has 0 aliphatic heterocycles. The van der Waals surface area contributed by atoms with Crippen LogP contribution in [0.15, 0.2) is 78.9 Å². The van der Waals surface area contributed by atoms with Gasteiger partial charge in [0.05, 0.1) is 24.2 Å². The minimum atomic E-state index is -0.0925. The number of fused-ring (bicyclic) bond motifs is 1. The van der Waals surface area contributed by atoms with E-state index in [0.29, 0.717) is 17.9 Å². The molecule has 158 valence electrons. The van der Waals surface area contributed by atoms with Crippen LogP contribution >= 0.6 is 0 Å². The highest BCUT2D eigenvalue weighted by Gasteiger charge is 2.17. The fraction of sp³-hybridized carbons (Fsp3) is 0.231. The van der Waals surface area contributed by atoms with Crippen molar-refractivity contribution in [1.82, 2.24) is 14.9 Å². The summed E-state index contributed by atoms with van der Waals surface area (Å²) in [6.07, 6.45) is 1.59. The third kappa shape index (κ3) is 4.61. The first-order valence-corrected chi connectivity index (χ1v) is 10.6. The number of imidazole rings is 1. The molecule has 0 aliphatic rings. The molecule has 31 heavy (non-hydrogen) atoms. The molecule has 0 saturated carbocycles. The van der Waals surface area contributed by atoms with Gasteiger partial charge in [-0.3, -0.25) is 4.79 Å². The second-order valence-electron chi connectivity index (χ2n) is 7.56. The highest BCUT2D eigenvalue weighted by molar-refractivity contribution is 5.94. The monoisotopic (exact) mass is 413 g/mol. The Bertz CT molecular complexity index is 1170. The standard InChI is InChI=1S/C26H27N3O2/c1-19(20-10-4-3-5-11-20)29-24-15-7-6-14-23(24)28-25(29)16-9-17-27-26(30)21-12-8-13-22(18-21)31-2/h3-8,10-15,18-19H,9,16-17H2,1-2H3,(H,27,30). The number of para-hydroxylation sites is 2. The molecule has 0 bridgehead atoms. The van der Waals surface area contributed by atoms with E-state index in [-0.39, 0.29) is 11.9 Å². The van der Waals surface area contributed by atoms with Crippen molar-refractivity contribution in [3.05, 3.63) is 95.8 Å². The largest absolute Gasteiger partial charge is 0.497 e. The van der Waals surface area contributed by atoms with E-state index in [1.165, 1.54) is 5.56 Å². The minimum absolute atomic E-state index is 0.0925. The van der Waals surface area contributed by atoms with Crippen molar-refractivity contribution in [1.29, 1.82) is 0 Å². The summed E-state index contributed by atoms with van der Waals surface area (Å²) in [7, 11) is 1.60. The Balaban J connectivity index is 1.46. The quantitative estimate of drug-likeness (QED) is 0.413. The summed E-state index contributed by atoms with van der Waals surface area (Å²) in [4.78, 5) is 17.3. The molecular weight excluding hydrogens is 386 g/mol. The van der Waals surface area contributed by atoms with Gasteiger partial charge in [0.25, 0.3) is 5.91 Å². The normalized spacial score (nSPS) is 11.9. The van der Waals surface area contributed by atoms with Gasteiger partial charge in [0.15, 0.2) is 0 Å². The zero-order valence-electron chi connectivity index (χ0n) is 17.9. The minimum Gasteiger partial charge on any atom is -0.497 e. The highest BCUT2D eigenvalue weighted by Crippen LogP contribution is 2.26. The van der Waals surface area contributed by atoms with E-state index in [9.17, 15) is 4.79 Å². The summed E-state index contributed by atoms with van der Waals surface area (Å²) in [5.41, 5.74) is 3.98. The Morgan fingerprint density at radius 2 is 1.81 bits per heavy atom. The second kappa shape index (κ2) is 9.47. The van der Waals surface area contributed by atoms with Gasteiger partial charge in [-0.2, -0.15) is 0 Å².